The van der Waals surface area contributed by atoms with Crippen LogP contribution in [0.1, 0.15) is 40.7 Å². The molecule has 156 valence electrons. The van der Waals surface area contributed by atoms with Crippen molar-refractivity contribution < 1.29 is 9.32 Å². The number of nitrogens with zero attached hydrogens (tertiary/aromatic N) is 7. The van der Waals surface area contributed by atoms with E-state index < -0.39 is 0 Å². The SMILES string of the molecule is Cc1ccc(-n2nccn2)c(C(=O)N2CCCC2c2nc(-c3ccnc(Cl)c3)no2)c1. The number of rotatable bonds is 4. The predicted molar refractivity (Wildman–Crippen MR) is 112 cm³/mol. The first-order valence-electron chi connectivity index (χ1n) is 9.84. The van der Waals surface area contributed by atoms with Gasteiger partial charge in [0.1, 0.15) is 11.2 Å². The Morgan fingerprint density at radius 3 is 2.81 bits per heavy atom. The molecule has 10 heteroatoms. The highest BCUT2D eigenvalue weighted by atomic mass is 35.5. The van der Waals surface area contributed by atoms with Gasteiger partial charge >= 0.3 is 0 Å². The van der Waals surface area contributed by atoms with Crippen molar-refractivity contribution in [3.8, 4) is 17.1 Å². The molecule has 1 unspecified atom stereocenters. The van der Waals surface area contributed by atoms with Crippen molar-refractivity contribution in [3.63, 3.8) is 0 Å². The van der Waals surface area contributed by atoms with Gasteiger partial charge in [0.2, 0.25) is 11.7 Å². The van der Waals surface area contributed by atoms with Gasteiger partial charge in [0.25, 0.3) is 5.91 Å². The number of benzene rings is 1. The summed E-state index contributed by atoms with van der Waals surface area (Å²) in [4.78, 5) is 25.3. The maximum Gasteiger partial charge on any atom is 0.256 e. The van der Waals surface area contributed by atoms with Crippen LogP contribution in [-0.2, 0) is 0 Å². The van der Waals surface area contributed by atoms with E-state index >= 15 is 0 Å². The van der Waals surface area contributed by atoms with E-state index in [1.165, 1.54) is 4.80 Å². The van der Waals surface area contributed by atoms with E-state index in [1.807, 2.05) is 25.1 Å². The zero-order valence-corrected chi connectivity index (χ0v) is 17.4. The molecule has 1 atom stereocenters. The van der Waals surface area contributed by atoms with Crippen LogP contribution in [-0.4, -0.2) is 47.5 Å². The first-order chi connectivity index (χ1) is 15.1. The maximum absolute atomic E-state index is 13.6. The standard InChI is InChI=1S/C21H18ClN7O2/c1-13-4-5-16(29-24-8-9-25-29)15(11-13)21(30)28-10-2-3-17(28)20-26-19(27-31-20)14-6-7-23-18(22)12-14/h4-9,11-12,17H,2-3,10H2,1H3. The maximum atomic E-state index is 13.6. The zero-order valence-electron chi connectivity index (χ0n) is 16.6. The van der Waals surface area contributed by atoms with Crippen LogP contribution in [0.2, 0.25) is 5.15 Å². The molecule has 1 aromatic carbocycles. The van der Waals surface area contributed by atoms with E-state index in [-0.39, 0.29) is 11.9 Å². The molecule has 5 rings (SSSR count). The van der Waals surface area contributed by atoms with Crippen molar-refractivity contribution in [3.05, 3.63) is 71.1 Å². The zero-order chi connectivity index (χ0) is 21.4. The minimum absolute atomic E-state index is 0.120. The van der Waals surface area contributed by atoms with E-state index in [0.717, 1.165) is 18.4 Å². The third-order valence-electron chi connectivity index (χ3n) is 5.24. The summed E-state index contributed by atoms with van der Waals surface area (Å²) in [5, 5.41) is 12.8. The lowest BCUT2D eigenvalue weighted by molar-refractivity contribution is 0.0709. The summed E-state index contributed by atoms with van der Waals surface area (Å²) in [5.74, 6) is 0.695. The van der Waals surface area contributed by atoms with E-state index in [9.17, 15) is 4.79 Å². The van der Waals surface area contributed by atoms with E-state index in [2.05, 4.69) is 25.3 Å². The van der Waals surface area contributed by atoms with E-state index in [0.29, 0.717) is 40.2 Å². The van der Waals surface area contributed by atoms with Crippen LogP contribution in [0.4, 0.5) is 0 Å². The first-order valence-corrected chi connectivity index (χ1v) is 10.2. The van der Waals surface area contributed by atoms with Crippen molar-refractivity contribution >= 4 is 17.5 Å². The molecule has 0 bridgehead atoms. The van der Waals surface area contributed by atoms with Gasteiger partial charge in [-0.05, 0) is 44.0 Å². The van der Waals surface area contributed by atoms with Crippen molar-refractivity contribution in [2.24, 2.45) is 0 Å². The van der Waals surface area contributed by atoms with Gasteiger partial charge in [-0.15, -0.1) is 0 Å². The lowest BCUT2D eigenvalue weighted by Gasteiger charge is -2.23. The Balaban J connectivity index is 1.47. The number of halogens is 1. The average molecular weight is 436 g/mol. The highest BCUT2D eigenvalue weighted by molar-refractivity contribution is 6.29. The summed E-state index contributed by atoms with van der Waals surface area (Å²) in [5.41, 5.74) is 2.84. The monoisotopic (exact) mass is 435 g/mol. The number of pyridine rings is 1. The van der Waals surface area contributed by atoms with Crippen molar-refractivity contribution in [1.82, 2.24) is 35.0 Å². The van der Waals surface area contributed by atoms with Gasteiger partial charge in [0, 0.05) is 18.3 Å². The van der Waals surface area contributed by atoms with E-state index in [4.69, 9.17) is 16.1 Å². The van der Waals surface area contributed by atoms with Gasteiger partial charge in [-0.25, -0.2) is 4.98 Å². The minimum Gasteiger partial charge on any atom is -0.337 e. The lowest BCUT2D eigenvalue weighted by atomic mass is 10.1. The Morgan fingerprint density at radius 2 is 2.00 bits per heavy atom. The van der Waals surface area contributed by atoms with Gasteiger partial charge in [-0.2, -0.15) is 20.0 Å². The molecule has 0 aliphatic carbocycles. The van der Waals surface area contributed by atoms with Gasteiger partial charge in [-0.1, -0.05) is 28.4 Å². The van der Waals surface area contributed by atoms with Crippen LogP contribution >= 0.6 is 11.6 Å². The molecule has 0 spiro atoms. The number of aryl methyl sites for hydroxylation is 1. The Hall–Kier alpha value is -3.59. The van der Waals surface area contributed by atoms with Crippen molar-refractivity contribution in [1.29, 1.82) is 0 Å². The summed E-state index contributed by atoms with van der Waals surface area (Å²) >= 11 is 5.97. The fraction of sp³-hybridized carbons (Fsp3) is 0.238. The number of hydrogen-bond acceptors (Lipinski definition) is 7. The molecule has 0 saturated carbocycles. The molecule has 0 radical (unpaired) electrons. The molecule has 1 saturated heterocycles. The Kier molecular flexibility index (Phi) is 4.95. The molecule has 31 heavy (non-hydrogen) atoms. The number of carbonyl (C=O) groups is 1. The largest absolute Gasteiger partial charge is 0.337 e. The predicted octanol–water partition coefficient (Wildman–Crippen LogP) is 3.65. The topological polar surface area (TPSA) is 103 Å². The third-order valence-corrected chi connectivity index (χ3v) is 5.45. The normalized spacial score (nSPS) is 16.1. The Morgan fingerprint density at radius 1 is 1.16 bits per heavy atom. The van der Waals surface area contributed by atoms with Gasteiger partial charge in [0.15, 0.2) is 0 Å². The second kappa shape index (κ2) is 7.92. The lowest BCUT2D eigenvalue weighted by Crippen LogP contribution is -2.31. The number of hydrogen-bond donors (Lipinski definition) is 0. The number of aromatic nitrogens is 6. The Bertz CT molecular complexity index is 1240. The molecule has 9 nitrogen and oxygen atoms in total. The summed E-state index contributed by atoms with van der Waals surface area (Å²) in [6, 6.07) is 8.77. The number of likely N-dealkylation sites (tertiary alicyclic amines) is 1. The first kappa shape index (κ1) is 19.4. The molecular weight excluding hydrogens is 418 g/mol. The molecule has 1 aliphatic rings. The fourth-order valence-electron chi connectivity index (χ4n) is 3.79. The average Bonchev–Trinajstić information content (AvgIpc) is 3.54. The van der Waals surface area contributed by atoms with Crippen LogP contribution in [0.5, 0.6) is 0 Å². The summed E-state index contributed by atoms with van der Waals surface area (Å²) in [6.07, 6.45) is 6.33. The smallest absolute Gasteiger partial charge is 0.256 e. The van der Waals surface area contributed by atoms with Crippen LogP contribution in [0.3, 0.4) is 0 Å². The number of amides is 1. The minimum atomic E-state index is -0.301. The second-order valence-electron chi connectivity index (χ2n) is 7.32. The Labute approximate surface area is 182 Å². The highest BCUT2D eigenvalue weighted by Gasteiger charge is 2.35. The molecule has 0 N–H and O–H groups in total. The molecule has 4 aromatic rings. The van der Waals surface area contributed by atoms with Crippen molar-refractivity contribution in [2.45, 2.75) is 25.8 Å². The molecule has 1 fully saturated rings. The highest BCUT2D eigenvalue weighted by Crippen LogP contribution is 2.34. The van der Waals surface area contributed by atoms with Crippen LogP contribution in [0, 0.1) is 6.92 Å². The molecule has 1 aliphatic heterocycles. The number of carbonyl (C=O) groups excluding carboxylic acids is 1. The fourth-order valence-corrected chi connectivity index (χ4v) is 3.96. The van der Waals surface area contributed by atoms with Crippen LogP contribution in [0.25, 0.3) is 17.1 Å². The van der Waals surface area contributed by atoms with Crippen LogP contribution in [0.15, 0.2) is 53.4 Å². The van der Waals surface area contributed by atoms with E-state index in [1.54, 1.807) is 35.6 Å². The molecule has 3 aromatic heterocycles. The molecule has 1 amide bonds. The molecular formula is C21H18ClN7O2. The summed E-state index contributed by atoms with van der Waals surface area (Å²) in [7, 11) is 0. The van der Waals surface area contributed by atoms with Gasteiger partial charge in [0.05, 0.1) is 23.6 Å². The molecule has 4 heterocycles. The van der Waals surface area contributed by atoms with Gasteiger partial charge < -0.3 is 9.42 Å². The summed E-state index contributed by atoms with van der Waals surface area (Å²) in [6.45, 7) is 2.55. The second-order valence-corrected chi connectivity index (χ2v) is 7.71. The van der Waals surface area contributed by atoms with Crippen molar-refractivity contribution in [2.75, 3.05) is 6.54 Å². The third kappa shape index (κ3) is 3.68. The van der Waals surface area contributed by atoms with Gasteiger partial charge in [-0.3, -0.25) is 4.79 Å². The quantitative estimate of drug-likeness (QED) is 0.450. The van der Waals surface area contributed by atoms with Crippen LogP contribution < -0.4 is 0 Å². The summed E-state index contributed by atoms with van der Waals surface area (Å²) < 4.78 is 5.54.